The molecule has 0 amide bonds. The first-order chi connectivity index (χ1) is 10.3. The van der Waals surface area contributed by atoms with Crippen molar-refractivity contribution < 1.29 is 0 Å². The largest absolute Gasteiger partial charge is 0.373 e. The van der Waals surface area contributed by atoms with Gasteiger partial charge in [0.1, 0.15) is 17.5 Å². The summed E-state index contributed by atoms with van der Waals surface area (Å²) in [4.78, 5) is 8.91. The Labute approximate surface area is 124 Å². The number of benzene rings is 2. The van der Waals surface area contributed by atoms with Gasteiger partial charge in [0, 0.05) is 25.2 Å². The summed E-state index contributed by atoms with van der Waals surface area (Å²) in [6, 6.07) is 16.5. The van der Waals surface area contributed by atoms with E-state index in [1.807, 2.05) is 25.2 Å². The normalized spacial score (nSPS) is 10.6. The van der Waals surface area contributed by atoms with E-state index >= 15 is 0 Å². The zero-order valence-corrected chi connectivity index (χ0v) is 12.2. The van der Waals surface area contributed by atoms with Crippen LogP contribution in [0.4, 0.5) is 17.3 Å². The lowest BCUT2D eigenvalue weighted by Crippen LogP contribution is -2.03. The van der Waals surface area contributed by atoms with Crippen LogP contribution in [-0.4, -0.2) is 17.0 Å². The maximum Gasteiger partial charge on any atom is 0.136 e. The Balaban J connectivity index is 1.94. The molecule has 21 heavy (non-hydrogen) atoms. The Hall–Kier alpha value is -2.62. The SMILES string of the molecule is CCc1nc(NC)cc(Nc2ccc3ccccc3c2)n1. The van der Waals surface area contributed by atoms with E-state index in [2.05, 4.69) is 57.9 Å². The maximum atomic E-state index is 4.51. The topological polar surface area (TPSA) is 49.8 Å². The molecule has 3 rings (SSSR count). The highest BCUT2D eigenvalue weighted by atomic mass is 15.1. The Morgan fingerprint density at radius 1 is 0.905 bits per heavy atom. The molecule has 1 heterocycles. The first-order valence-corrected chi connectivity index (χ1v) is 7.10. The zero-order chi connectivity index (χ0) is 14.7. The van der Waals surface area contributed by atoms with Gasteiger partial charge in [0.05, 0.1) is 0 Å². The molecule has 0 atom stereocenters. The molecule has 2 aromatic carbocycles. The van der Waals surface area contributed by atoms with Crippen LogP contribution in [0.15, 0.2) is 48.5 Å². The molecule has 4 heteroatoms. The molecule has 0 bridgehead atoms. The highest BCUT2D eigenvalue weighted by molar-refractivity contribution is 5.86. The van der Waals surface area contributed by atoms with Gasteiger partial charge in [-0.15, -0.1) is 0 Å². The van der Waals surface area contributed by atoms with Gasteiger partial charge in [-0.2, -0.15) is 0 Å². The fourth-order valence-corrected chi connectivity index (χ4v) is 2.26. The molecule has 2 N–H and O–H groups in total. The van der Waals surface area contributed by atoms with E-state index in [9.17, 15) is 0 Å². The van der Waals surface area contributed by atoms with Crippen molar-refractivity contribution in [2.45, 2.75) is 13.3 Å². The molecule has 0 aliphatic heterocycles. The molecule has 106 valence electrons. The molecule has 0 unspecified atom stereocenters. The standard InChI is InChI=1S/C17H18N4/c1-3-15-20-16(18-2)11-17(21-15)19-14-9-8-12-6-4-5-7-13(12)10-14/h4-11H,3H2,1-2H3,(H2,18,19,20,21). The summed E-state index contributed by atoms with van der Waals surface area (Å²) in [5, 5.41) is 8.86. The molecule has 1 aromatic heterocycles. The number of anilines is 3. The maximum absolute atomic E-state index is 4.51. The van der Waals surface area contributed by atoms with E-state index in [1.165, 1.54) is 10.8 Å². The highest BCUT2D eigenvalue weighted by Gasteiger charge is 2.03. The lowest BCUT2D eigenvalue weighted by Gasteiger charge is -2.10. The average molecular weight is 278 g/mol. The fraction of sp³-hybridized carbons (Fsp3) is 0.176. The van der Waals surface area contributed by atoms with E-state index in [4.69, 9.17) is 0 Å². The van der Waals surface area contributed by atoms with Gasteiger partial charge < -0.3 is 10.6 Å². The van der Waals surface area contributed by atoms with E-state index in [0.29, 0.717) is 0 Å². The molecular weight excluding hydrogens is 260 g/mol. The second kappa shape index (κ2) is 5.79. The number of nitrogens with one attached hydrogen (secondary N) is 2. The summed E-state index contributed by atoms with van der Waals surface area (Å²) in [5.41, 5.74) is 1.02. The second-order valence-corrected chi connectivity index (χ2v) is 4.85. The minimum atomic E-state index is 0.807. The first-order valence-electron chi connectivity index (χ1n) is 7.10. The summed E-state index contributed by atoms with van der Waals surface area (Å²) < 4.78 is 0. The molecule has 0 aliphatic carbocycles. The molecule has 0 saturated heterocycles. The van der Waals surface area contributed by atoms with Crippen LogP contribution < -0.4 is 10.6 Å². The smallest absolute Gasteiger partial charge is 0.136 e. The molecule has 0 saturated carbocycles. The van der Waals surface area contributed by atoms with Crippen LogP contribution >= 0.6 is 0 Å². The minimum Gasteiger partial charge on any atom is -0.373 e. The van der Waals surface area contributed by atoms with Crippen molar-refractivity contribution in [3.05, 3.63) is 54.4 Å². The van der Waals surface area contributed by atoms with E-state index in [1.54, 1.807) is 0 Å². The lowest BCUT2D eigenvalue weighted by molar-refractivity contribution is 0.945. The number of aryl methyl sites for hydroxylation is 1. The van der Waals surface area contributed by atoms with Crippen LogP contribution in [-0.2, 0) is 6.42 Å². The van der Waals surface area contributed by atoms with Crippen LogP contribution in [0, 0.1) is 0 Å². The van der Waals surface area contributed by atoms with Gasteiger partial charge in [-0.25, -0.2) is 9.97 Å². The third kappa shape index (κ3) is 2.94. The van der Waals surface area contributed by atoms with Crippen molar-refractivity contribution in [1.82, 2.24) is 9.97 Å². The molecular formula is C17H18N4. The first kappa shape index (κ1) is 13.4. The third-order valence-electron chi connectivity index (χ3n) is 3.37. The molecule has 0 spiro atoms. The second-order valence-electron chi connectivity index (χ2n) is 4.85. The summed E-state index contributed by atoms with van der Waals surface area (Å²) in [6.07, 6.45) is 0.807. The van der Waals surface area contributed by atoms with Crippen LogP contribution in [0.1, 0.15) is 12.7 Å². The van der Waals surface area contributed by atoms with Crippen LogP contribution in [0.2, 0.25) is 0 Å². The van der Waals surface area contributed by atoms with E-state index in [-0.39, 0.29) is 0 Å². The highest BCUT2D eigenvalue weighted by Crippen LogP contribution is 2.22. The third-order valence-corrected chi connectivity index (χ3v) is 3.37. The summed E-state index contributed by atoms with van der Waals surface area (Å²) in [5.74, 6) is 2.46. The quantitative estimate of drug-likeness (QED) is 0.758. The van der Waals surface area contributed by atoms with Gasteiger partial charge in [0.25, 0.3) is 0 Å². The summed E-state index contributed by atoms with van der Waals surface area (Å²) >= 11 is 0. The van der Waals surface area contributed by atoms with Gasteiger partial charge in [0.2, 0.25) is 0 Å². The number of nitrogens with zero attached hydrogens (tertiary/aromatic N) is 2. The zero-order valence-electron chi connectivity index (χ0n) is 12.2. The molecule has 0 fully saturated rings. The number of hydrogen-bond acceptors (Lipinski definition) is 4. The fourth-order valence-electron chi connectivity index (χ4n) is 2.26. The molecule has 4 nitrogen and oxygen atoms in total. The van der Waals surface area contributed by atoms with E-state index < -0.39 is 0 Å². The Morgan fingerprint density at radius 3 is 2.43 bits per heavy atom. The number of fused-ring (bicyclic) bond motifs is 1. The molecule has 0 aliphatic rings. The van der Waals surface area contributed by atoms with Gasteiger partial charge in [-0.1, -0.05) is 37.3 Å². The Kier molecular flexibility index (Phi) is 3.69. The molecule has 0 radical (unpaired) electrons. The molecule has 3 aromatic rings. The number of aromatic nitrogens is 2. The van der Waals surface area contributed by atoms with Gasteiger partial charge in [-0.3, -0.25) is 0 Å². The van der Waals surface area contributed by atoms with Crippen molar-refractivity contribution >= 4 is 28.1 Å². The van der Waals surface area contributed by atoms with Crippen LogP contribution in [0.25, 0.3) is 10.8 Å². The van der Waals surface area contributed by atoms with Crippen molar-refractivity contribution in [2.24, 2.45) is 0 Å². The monoisotopic (exact) mass is 278 g/mol. The van der Waals surface area contributed by atoms with Gasteiger partial charge in [-0.05, 0) is 22.9 Å². The predicted molar refractivity (Wildman–Crippen MR) is 88.2 cm³/mol. The van der Waals surface area contributed by atoms with Crippen molar-refractivity contribution in [3.63, 3.8) is 0 Å². The van der Waals surface area contributed by atoms with Gasteiger partial charge >= 0.3 is 0 Å². The van der Waals surface area contributed by atoms with E-state index in [0.717, 1.165) is 29.6 Å². The van der Waals surface area contributed by atoms with Crippen molar-refractivity contribution in [2.75, 3.05) is 17.7 Å². The summed E-state index contributed by atoms with van der Waals surface area (Å²) in [7, 11) is 1.86. The minimum absolute atomic E-state index is 0.807. The van der Waals surface area contributed by atoms with Crippen LogP contribution in [0.5, 0.6) is 0 Å². The van der Waals surface area contributed by atoms with Crippen molar-refractivity contribution in [1.29, 1.82) is 0 Å². The average Bonchev–Trinajstić information content (AvgIpc) is 2.54. The Morgan fingerprint density at radius 2 is 1.67 bits per heavy atom. The number of hydrogen-bond donors (Lipinski definition) is 2. The summed E-state index contributed by atoms with van der Waals surface area (Å²) in [6.45, 7) is 2.05. The lowest BCUT2D eigenvalue weighted by atomic mass is 10.1. The van der Waals surface area contributed by atoms with Crippen LogP contribution in [0.3, 0.4) is 0 Å². The number of rotatable bonds is 4. The van der Waals surface area contributed by atoms with Gasteiger partial charge in [0.15, 0.2) is 0 Å². The van der Waals surface area contributed by atoms with Crippen molar-refractivity contribution in [3.8, 4) is 0 Å². The Bertz CT molecular complexity index is 745. The predicted octanol–water partition coefficient (Wildman–Crippen LogP) is 3.98.